The lowest BCUT2D eigenvalue weighted by Gasteiger charge is -2.11. The molecule has 2 nitrogen and oxygen atoms in total. The first-order chi connectivity index (χ1) is 3.71. The van der Waals surface area contributed by atoms with Crippen molar-refractivity contribution in [2.75, 3.05) is 11.5 Å². The Kier molecular flexibility index (Phi) is 1.56. The molecule has 0 aromatic carbocycles. The van der Waals surface area contributed by atoms with Gasteiger partial charge in [-0.15, -0.1) is 0 Å². The first-order valence-corrected chi connectivity index (χ1v) is 4.84. The highest BCUT2D eigenvalue weighted by molar-refractivity contribution is 7.92. The molecule has 1 aliphatic rings. The second kappa shape index (κ2) is 2.05. The highest BCUT2D eigenvalue weighted by atomic mass is 32.2. The van der Waals surface area contributed by atoms with Gasteiger partial charge in [-0.05, 0) is 12.8 Å². The van der Waals surface area contributed by atoms with Crippen molar-refractivity contribution in [3.63, 3.8) is 0 Å². The van der Waals surface area contributed by atoms with Crippen LogP contribution >= 0.6 is 0 Å². The Morgan fingerprint density at radius 3 is 1.88 bits per heavy atom. The van der Waals surface area contributed by atoms with E-state index in [4.69, 9.17) is 4.78 Å². The molecule has 0 unspecified atom stereocenters. The van der Waals surface area contributed by atoms with Crippen molar-refractivity contribution in [3.8, 4) is 0 Å². The SMILES string of the molecule is N=S1(=O)CCCCC1. The normalized spacial score (nSPS) is 27.5. The van der Waals surface area contributed by atoms with Gasteiger partial charge in [0.25, 0.3) is 0 Å². The Hall–Kier alpha value is -0.0500. The molecule has 0 aromatic heterocycles. The van der Waals surface area contributed by atoms with E-state index < -0.39 is 9.73 Å². The largest absolute Gasteiger partial charge is 0.253 e. The average molecular weight is 133 g/mol. The molecule has 48 valence electrons. The van der Waals surface area contributed by atoms with Gasteiger partial charge < -0.3 is 0 Å². The quantitative estimate of drug-likeness (QED) is 0.530. The number of nitrogens with one attached hydrogen (secondary N) is 1. The van der Waals surface area contributed by atoms with Crippen LogP contribution in [0.4, 0.5) is 0 Å². The van der Waals surface area contributed by atoms with E-state index in [9.17, 15) is 4.21 Å². The van der Waals surface area contributed by atoms with Crippen molar-refractivity contribution < 1.29 is 4.21 Å². The van der Waals surface area contributed by atoms with E-state index in [1.165, 1.54) is 6.42 Å². The highest BCUT2D eigenvalue weighted by Gasteiger charge is 2.10. The fourth-order valence-corrected chi connectivity index (χ4v) is 2.49. The van der Waals surface area contributed by atoms with Gasteiger partial charge in [-0.2, -0.15) is 0 Å². The molecule has 0 radical (unpaired) electrons. The third kappa shape index (κ3) is 1.47. The number of rotatable bonds is 0. The topological polar surface area (TPSA) is 40.9 Å². The molecule has 1 N–H and O–H groups in total. The van der Waals surface area contributed by atoms with E-state index in [-0.39, 0.29) is 0 Å². The van der Waals surface area contributed by atoms with E-state index in [0.29, 0.717) is 11.5 Å². The molecule has 0 bridgehead atoms. The zero-order valence-corrected chi connectivity index (χ0v) is 5.67. The average Bonchev–Trinajstić information content (AvgIpc) is 1.65. The first kappa shape index (κ1) is 6.08. The molecule has 0 aromatic rings. The molecule has 1 fully saturated rings. The van der Waals surface area contributed by atoms with Crippen molar-refractivity contribution >= 4 is 9.73 Å². The molecular formula is C5H11NOS. The van der Waals surface area contributed by atoms with Gasteiger partial charge in [0.2, 0.25) is 0 Å². The minimum absolute atomic E-state index is 0.646. The maximum atomic E-state index is 10.9. The maximum Gasteiger partial charge on any atom is 0.0441 e. The minimum atomic E-state index is -2.08. The van der Waals surface area contributed by atoms with Gasteiger partial charge in [-0.25, -0.2) is 4.21 Å². The van der Waals surface area contributed by atoms with Crippen LogP contribution in [0.15, 0.2) is 0 Å². The number of hydrogen-bond acceptors (Lipinski definition) is 2. The smallest absolute Gasteiger partial charge is 0.0441 e. The van der Waals surface area contributed by atoms with Crippen LogP contribution in [0.5, 0.6) is 0 Å². The Bertz CT molecular complexity index is 147. The van der Waals surface area contributed by atoms with E-state index in [2.05, 4.69) is 0 Å². The van der Waals surface area contributed by atoms with Crippen molar-refractivity contribution in [2.45, 2.75) is 19.3 Å². The van der Waals surface area contributed by atoms with Crippen LogP contribution in [0.3, 0.4) is 0 Å². The van der Waals surface area contributed by atoms with Crippen molar-refractivity contribution in [1.29, 1.82) is 4.78 Å². The second-order valence-electron chi connectivity index (χ2n) is 2.28. The van der Waals surface area contributed by atoms with Crippen LogP contribution in [0.25, 0.3) is 0 Å². The number of hydrogen-bond donors (Lipinski definition) is 1. The Morgan fingerprint density at radius 2 is 1.62 bits per heavy atom. The monoisotopic (exact) mass is 133 g/mol. The van der Waals surface area contributed by atoms with Crippen LogP contribution in [-0.4, -0.2) is 15.7 Å². The van der Waals surface area contributed by atoms with Crippen LogP contribution in [0.2, 0.25) is 0 Å². The van der Waals surface area contributed by atoms with E-state index in [1.807, 2.05) is 0 Å². The summed E-state index contributed by atoms with van der Waals surface area (Å²) in [5.74, 6) is 1.29. The van der Waals surface area contributed by atoms with Gasteiger partial charge >= 0.3 is 0 Å². The molecule has 1 saturated heterocycles. The summed E-state index contributed by atoms with van der Waals surface area (Å²) in [6, 6.07) is 0. The molecule has 3 heteroatoms. The fourth-order valence-electron chi connectivity index (χ4n) is 0.949. The van der Waals surface area contributed by atoms with Crippen LogP contribution in [0.1, 0.15) is 19.3 Å². The predicted octanol–water partition coefficient (Wildman–Crippen LogP) is 1.22. The standard InChI is InChI=1S/C5H11NOS/c6-8(7)4-2-1-3-5-8/h6H,1-5H2. The fraction of sp³-hybridized carbons (Fsp3) is 1.00. The summed E-state index contributed by atoms with van der Waals surface area (Å²) in [4.78, 5) is 0. The summed E-state index contributed by atoms with van der Waals surface area (Å²) in [6.07, 6.45) is 3.18. The van der Waals surface area contributed by atoms with Gasteiger partial charge in [0.1, 0.15) is 0 Å². The summed E-state index contributed by atoms with van der Waals surface area (Å²) in [5, 5.41) is 0. The zero-order chi connectivity index (χ0) is 6.04. The van der Waals surface area contributed by atoms with Crippen LogP contribution in [-0.2, 0) is 9.73 Å². The maximum absolute atomic E-state index is 10.9. The molecule has 0 spiro atoms. The summed E-state index contributed by atoms with van der Waals surface area (Å²) < 4.78 is 18.0. The van der Waals surface area contributed by atoms with Crippen molar-refractivity contribution in [1.82, 2.24) is 0 Å². The Labute approximate surface area is 50.3 Å². The molecular weight excluding hydrogens is 122 g/mol. The van der Waals surface area contributed by atoms with Crippen LogP contribution in [0, 0.1) is 4.78 Å². The third-order valence-electron chi connectivity index (χ3n) is 1.45. The Balaban J connectivity index is 2.58. The summed E-state index contributed by atoms with van der Waals surface area (Å²) in [5.41, 5.74) is 0. The van der Waals surface area contributed by atoms with Crippen molar-refractivity contribution in [3.05, 3.63) is 0 Å². The minimum Gasteiger partial charge on any atom is -0.253 e. The molecule has 0 amide bonds. The van der Waals surface area contributed by atoms with Gasteiger partial charge in [0.05, 0.1) is 0 Å². The third-order valence-corrected chi connectivity index (χ3v) is 3.34. The zero-order valence-electron chi connectivity index (χ0n) is 4.85. The van der Waals surface area contributed by atoms with E-state index in [1.54, 1.807) is 0 Å². The summed E-state index contributed by atoms with van der Waals surface area (Å²) in [7, 11) is -2.08. The first-order valence-electron chi connectivity index (χ1n) is 2.95. The van der Waals surface area contributed by atoms with E-state index >= 15 is 0 Å². The molecule has 0 atom stereocenters. The molecule has 0 saturated carbocycles. The van der Waals surface area contributed by atoms with E-state index in [0.717, 1.165) is 12.8 Å². The van der Waals surface area contributed by atoms with Gasteiger partial charge in [0.15, 0.2) is 0 Å². The van der Waals surface area contributed by atoms with Gasteiger partial charge in [-0.3, -0.25) is 4.78 Å². The molecule has 1 aliphatic heterocycles. The van der Waals surface area contributed by atoms with Gasteiger partial charge in [-0.1, -0.05) is 6.42 Å². The molecule has 1 rings (SSSR count). The van der Waals surface area contributed by atoms with Crippen molar-refractivity contribution in [2.24, 2.45) is 0 Å². The lowest BCUT2D eigenvalue weighted by atomic mass is 10.3. The molecule has 1 heterocycles. The van der Waals surface area contributed by atoms with Gasteiger partial charge in [0, 0.05) is 21.2 Å². The lowest BCUT2D eigenvalue weighted by Crippen LogP contribution is -2.14. The summed E-state index contributed by atoms with van der Waals surface area (Å²) in [6.45, 7) is 0. The second-order valence-corrected chi connectivity index (χ2v) is 4.72. The van der Waals surface area contributed by atoms with Crippen LogP contribution < -0.4 is 0 Å². The predicted molar refractivity (Wildman–Crippen MR) is 34.4 cm³/mol. The summed E-state index contributed by atoms with van der Waals surface area (Å²) >= 11 is 0. The lowest BCUT2D eigenvalue weighted by molar-refractivity contribution is 0.648. The highest BCUT2D eigenvalue weighted by Crippen LogP contribution is 2.10. The Morgan fingerprint density at radius 1 is 1.12 bits per heavy atom. The molecule has 8 heavy (non-hydrogen) atoms. The molecule has 0 aliphatic carbocycles.